The topological polar surface area (TPSA) is 26.3 Å². The summed E-state index contributed by atoms with van der Waals surface area (Å²) in [6, 6.07) is 5.81. The van der Waals surface area contributed by atoms with E-state index in [2.05, 4.69) is 0 Å². The first-order valence-corrected chi connectivity index (χ1v) is 5.62. The lowest BCUT2D eigenvalue weighted by molar-refractivity contribution is 0.0105. The minimum atomic E-state index is -0.710. The monoisotopic (exact) mass is 220 g/mol. The van der Waals surface area contributed by atoms with E-state index in [1.807, 2.05) is 45.9 Å². The van der Waals surface area contributed by atoms with Crippen molar-refractivity contribution in [2.45, 2.75) is 39.7 Å². The molecular weight excluding hydrogens is 200 g/mol. The highest BCUT2D eigenvalue weighted by Gasteiger charge is 2.32. The van der Waals surface area contributed by atoms with Crippen LogP contribution in [0.5, 0.6) is 0 Å². The van der Waals surface area contributed by atoms with Gasteiger partial charge in [0, 0.05) is 12.7 Å². The van der Waals surface area contributed by atoms with Gasteiger partial charge in [0.05, 0.1) is 0 Å². The first kappa shape index (κ1) is 12.9. The van der Waals surface area contributed by atoms with Crippen molar-refractivity contribution in [1.29, 1.82) is 0 Å². The van der Waals surface area contributed by atoms with Gasteiger partial charge < -0.3 is 4.74 Å². The van der Waals surface area contributed by atoms with E-state index in [4.69, 9.17) is 4.74 Å². The van der Waals surface area contributed by atoms with E-state index in [0.717, 1.165) is 16.7 Å². The molecule has 0 aliphatic carbocycles. The number of hydrogen-bond donors (Lipinski definition) is 0. The van der Waals surface area contributed by atoms with E-state index in [9.17, 15) is 4.79 Å². The van der Waals surface area contributed by atoms with Crippen molar-refractivity contribution in [1.82, 2.24) is 0 Å². The summed E-state index contributed by atoms with van der Waals surface area (Å²) < 4.78 is 5.35. The quantitative estimate of drug-likeness (QED) is 0.728. The molecule has 1 aromatic carbocycles. The zero-order valence-corrected chi connectivity index (χ0v) is 10.8. The lowest BCUT2D eigenvalue weighted by Gasteiger charge is -2.26. The van der Waals surface area contributed by atoms with Crippen LogP contribution in [0.3, 0.4) is 0 Å². The van der Waals surface area contributed by atoms with E-state index in [1.165, 1.54) is 0 Å². The number of benzene rings is 1. The Morgan fingerprint density at radius 2 is 2.00 bits per heavy atom. The van der Waals surface area contributed by atoms with E-state index in [1.54, 1.807) is 7.11 Å². The molecule has 0 bridgehead atoms. The third kappa shape index (κ3) is 2.17. The summed E-state index contributed by atoms with van der Waals surface area (Å²) in [5.74, 6) is 0.0682. The van der Waals surface area contributed by atoms with Crippen LogP contribution in [0.4, 0.5) is 0 Å². The van der Waals surface area contributed by atoms with E-state index in [0.29, 0.717) is 6.42 Å². The number of Topliss-reactive ketones (excluding diaryl/α,β-unsaturated/α-hetero) is 1. The predicted octanol–water partition coefficient (Wildman–Crippen LogP) is 3.30. The Morgan fingerprint density at radius 1 is 1.38 bits per heavy atom. The summed E-state index contributed by atoms with van der Waals surface area (Å²) >= 11 is 0. The second-order valence-corrected chi connectivity index (χ2v) is 4.37. The molecule has 0 saturated heterocycles. The number of hydrogen-bond acceptors (Lipinski definition) is 2. The van der Waals surface area contributed by atoms with E-state index < -0.39 is 5.60 Å². The number of carbonyl (C=O) groups is 1. The second kappa shape index (κ2) is 4.79. The molecule has 0 saturated carbocycles. The summed E-state index contributed by atoms with van der Waals surface area (Å²) in [6.45, 7) is 7.81. The van der Waals surface area contributed by atoms with Crippen molar-refractivity contribution in [3.05, 3.63) is 34.9 Å². The SMILES string of the molecule is CCC(C)(OC)C(=O)c1cccc(C)c1C. The Morgan fingerprint density at radius 3 is 2.50 bits per heavy atom. The average Bonchev–Trinajstić information content (AvgIpc) is 2.31. The summed E-state index contributed by atoms with van der Waals surface area (Å²) in [5.41, 5.74) is 2.24. The molecule has 0 aromatic heterocycles. The number of methoxy groups -OCH3 is 1. The van der Waals surface area contributed by atoms with Crippen LogP contribution in [0.2, 0.25) is 0 Å². The minimum Gasteiger partial charge on any atom is -0.370 e. The summed E-state index contributed by atoms with van der Waals surface area (Å²) in [4.78, 5) is 12.4. The highest BCUT2D eigenvalue weighted by Crippen LogP contribution is 2.23. The molecule has 1 aromatic rings. The highest BCUT2D eigenvalue weighted by molar-refractivity contribution is 6.03. The normalized spacial score (nSPS) is 14.6. The molecule has 88 valence electrons. The van der Waals surface area contributed by atoms with Crippen LogP contribution in [-0.2, 0) is 4.74 Å². The van der Waals surface area contributed by atoms with Gasteiger partial charge in [0.25, 0.3) is 0 Å². The Balaban J connectivity index is 3.19. The largest absolute Gasteiger partial charge is 0.370 e. The second-order valence-electron chi connectivity index (χ2n) is 4.37. The molecule has 16 heavy (non-hydrogen) atoms. The minimum absolute atomic E-state index is 0.0682. The average molecular weight is 220 g/mol. The number of carbonyl (C=O) groups excluding carboxylic acids is 1. The fraction of sp³-hybridized carbons (Fsp3) is 0.500. The van der Waals surface area contributed by atoms with Gasteiger partial charge in [-0.1, -0.05) is 25.1 Å². The summed E-state index contributed by atoms with van der Waals surface area (Å²) in [5, 5.41) is 0. The lowest BCUT2D eigenvalue weighted by atomic mass is 9.88. The van der Waals surface area contributed by atoms with Crippen molar-refractivity contribution >= 4 is 5.78 Å². The molecule has 0 N–H and O–H groups in total. The lowest BCUT2D eigenvalue weighted by Crippen LogP contribution is -2.37. The van der Waals surface area contributed by atoms with Gasteiger partial charge in [-0.05, 0) is 38.3 Å². The Bertz CT molecular complexity index is 390. The maximum Gasteiger partial charge on any atom is 0.194 e. The fourth-order valence-electron chi connectivity index (χ4n) is 1.68. The molecule has 0 radical (unpaired) electrons. The van der Waals surface area contributed by atoms with Crippen LogP contribution in [0, 0.1) is 13.8 Å². The molecule has 0 aliphatic heterocycles. The Kier molecular flexibility index (Phi) is 3.87. The molecule has 0 aliphatic rings. The molecule has 0 heterocycles. The standard InChI is InChI=1S/C14H20O2/c1-6-14(4,16-5)13(15)12-9-7-8-10(2)11(12)3/h7-9H,6H2,1-5H3. The molecule has 2 heteroatoms. The zero-order valence-electron chi connectivity index (χ0n) is 10.8. The van der Waals surface area contributed by atoms with Gasteiger partial charge >= 0.3 is 0 Å². The van der Waals surface area contributed by atoms with Gasteiger partial charge in [-0.25, -0.2) is 0 Å². The van der Waals surface area contributed by atoms with Crippen molar-refractivity contribution < 1.29 is 9.53 Å². The van der Waals surface area contributed by atoms with Gasteiger partial charge in [-0.3, -0.25) is 4.79 Å². The molecule has 0 fully saturated rings. The van der Waals surface area contributed by atoms with E-state index >= 15 is 0 Å². The molecule has 1 unspecified atom stereocenters. The Labute approximate surface area is 97.6 Å². The first-order valence-electron chi connectivity index (χ1n) is 5.62. The van der Waals surface area contributed by atoms with Crippen LogP contribution in [0.15, 0.2) is 18.2 Å². The smallest absolute Gasteiger partial charge is 0.194 e. The number of ether oxygens (including phenoxy) is 1. The zero-order chi connectivity index (χ0) is 12.3. The van der Waals surface area contributed by atoms with Crippen molar-refractivity contribution in [3.63, 3.8) is 0 Å². The van der Waals surface area contributed by atoms with Crippen LogP contribution in [0.25, 0.3) is 0 Å². The number of aryl methyl sites for hydroxylation is 1. The molecule has 0 amide bonds. The van der Waals surface area contributed by atoms with Crippen molar-refractivity contribution in [2.75, 3.05) is 7.11 Å². The van der Waals surface area contributed by atoms with Gasteiger partial charge in [0.15, 0.2) is 5.78 Å². The number of ketones is 1. The molecule has 0 spiro atoms. The van der Waals surface area contributed by atoms with Crippen LogP contribution >= 0.6 is 0 Å². The van der Waals surface area contributed by atoms with Gasteiger partial charge in [-0.15, -0.1) is 0 Å². The van der Waals surface area contributed by atoms with Crippen LogP contribution in [0.1, 0.15) is 41.8 Å². The fourth-order valence-corrected chi connectivity index (χ4v) is 1.68. The van der Waals surface area contributed by atoms with Crippen molar-refractivity contribution in [3.8, 4) is 0 Å². The van der Waals surface area contributed by atoms with E-state index in [-0.39, 0.29) is 5.78 Å². The predicted molar refractivity (Wildman–Crippen MR) is 66.0 cm³/mol. The third-order valence-corrected chi connectivity index (χ3v) is 3.45. The van der Waals surface area contributed by atoms with Crippen molar-refractivity contribution in [2.24, 2.45) is 0 Å². The third-order valence-electron chi connectivity index (χ3n) is 3.45. The molecule has 2 nitrogen and oxygen atoms in total. The maximum absolute atomic E-state index is 12.4. The van der Waals surface area contributed by atoms with Gasteiger partial charge in [0.1, 0.15) is 5.60 Å². The van der Waals surface area contributed by atoms with Crippen LogP contribution in [-0.4, -0.2) is 18.5 Å². The van der Waals surface area contributed by atoms with Gasteiger partial charge in [-0.2, -0.15) is 0 Å². The molecular formula is C14H20O2. The first-order chi connectivity index (χ1) is 7.46. The summed E-state index contributed by atoms with van der Waals surface area (Å²) in [7, 11) is 1.59. The molecule has 1 rings (SSSR count). The summed E-state index contributed by atoms with van der Waals surface area (Å²) in [6.07, 6.45) is 0.676. The number of rotatable bonds is 4. The Hall–Kier alpha value is -1.15. The maximum atomic E-state index is 12.4. The highest BCUT2D eigenvalue weighted by atomic mass is 16.5. The van der Waals surface area contributed by atoms with Crippen LogP contribution < -0.4 is 0 Å². The van der Waals surface area contributed by atoms with Gasteiger partial charge in [0.2, 0.25) is 0 Å². The molecule has 1 atom stereocenters.